The number of rotatable bonds is 6. The van der Waals surface area contributed by atoms with E-state index in [-0.39, 0.29) is 12.1 Å². The maximum absolute atomic E-state index is 12.6. The van der Waals surface area contributed by atoms with Gasteiger partial charge in [0.2, 0.25) is 5.13 Å². The van der Waals surface area contributed by atoms with E-state index in [4.69, 9.17) is 9.47 Å². The number of aromatic nitrogens is 2. The Bertz CT molecular complexity index is 659. The maximum Gasteiger partial charge on any atom is 0.324 e. The minimum Gasteiger partial charge on any atom is -0.497 e. The molecule has 0 radical (unpaired) electrons. The molecule has 0 unspecified atom stereocenters. The van der Waals surface area contributed by atoms with Crippen molar-refractivity contribution in [2.75, 3.05) is 25.6 Å². The Balaban J connectivity index is 1.71. The fourth-order valence-corrected chi connectivity index (χ4v) is 3.08. The van der Waals surface area contributed by atoms with Crippen LogP contribution in [0.4, 0.5) is 9.93 Å². The molecule has 3 rings (SSSR count). The van der Waals surface area contributed by atoms with E-state index in [1.54, 1.807) is 17.5 Å². The molecule has 0 bridgehead atoms. The van der Waals surface area contributed by atoms with Gasteiger partial charge in [0.15, 0.2) is 0 Å². The Morgan fingerprint density at radius 2 is 2.46 bits per heavy atom. The van der Waals surface area contributed by atoms with Gasteiger partial charge in [-0.2, -0.15) is 0 Å². The molecule has 1 atom stereocenters. The van der Waals surface area contributed by atoms with Crippen LogP contribution < -0.4 is 10.1 Å². The van der Waals surface area contributed by atoms with Crippen LogP contribution in [0.25, 0.3) is 0 Å². The molecule has 1 aliphatic heterocycles. The zero-order valence-electron chi connectivity index (χ0n) is 13.5. The number of ether oxygens (including phenoxy) is 2. The van der Waals surface area contributed by atoms with Crippen LogP contribution in [0.3, 0.4) is 0 Å². The number of methoxy groups -OCH3 is 1. The molecule has 8 heteroatoms. The standard InChI is InChI=1S/C16H20N4O3S/c1-22-13-5-2-4-12(8-13)9-20(10-14-6-3-7-23-14)16(21)18-15-19-17-11-24-15/h2,4-5,8,11,14H,3,6-7,9-10H2,1H3,(H,18,19,21)/t14-/m1/s1. The minimum absolute atomic E-state index is 0.0794. The lowest BCUT2D eigenvalue weighted by Gasteiger charge is -2.25. The lowest BCUT2D eigenvalue weighted by Crippen LogP contribution is -2.39. The summed E-state index contributed by atoms with van der Waals surface area (Å²) in [5, 5.41) is 10.9. The Morgan fingerprint density at radius 3 is 3.17 bits per heavy atom. The van der Waals surface area contributed by atoms with Crippen molar-refractivity contribution in [1.82, 2.24) is 15.1 Å². The van der Waals surface area contributed by atoms with E-state index in [9.17, 15) is 4.79 Å². The van der Waals surface area contributed by atoms with E-state index in [0.29, 0.717) is 18.2 Å². The van der Waals surface area contributed by atoms with Crippen molar-refractivity contribution < 1.29 is 14.3 Å². The van der Waals surface area contributed by atoms with Crippen LogP contribution >= 0.6 is 11.3 Å². The number of hydrogen-bond acceptors (Lipinski definition) is 6. The summed E-state index contributed by atoms with van der Waals surface area (Å²) >= 11 is 1.29. The number of carbonyl (C=O) groups is 1. The minimum atomic E-state index is -0.204. The first kappa shape index (κ1) is 16.7. The van der Waals surface area contributed by atoms with Crippen molar-refractivity contribution >= 4 is 22.5 Å². The predicted octanol–water partition coefficient (Wildman–Crippen LogP) is 2.76. The van der Waals surface area contributed by atoms with Crippen LogP contribution in [0.1, 0.15) is 18.4 Å². The molecule has 0 spiro atoms. The molecular formula is C16H20N4O3S. The molecular weight excluding hydrogens is 328 g/mol. The maximum atomic E-state index is 12.6. The highest BCUT2D eigenvalue weighted by atomic mass is 32.1. The lowest BCUT2D eigenvalue weighted by atomic mass is 10.2. The second kappa shape index (κ2) is 8.07. The predicted molar refractivity (Wildman–Crippen MR) is 91.3 cm³/mol. The van der Waals surface area contributed by atoms with Crippen LogP contribution in [-0.4, -0.2) is 47.5 Å². The zero-order chi connectivity index (χ0) is 16.8. The Labute approximate surface area is 144 Å². The first-order chi connectivity index (χ1) is 11.7. The summed E-state index contributed by atoms with van der Waals surface area (Å²) in [5.74, 6) is 0.772. The first-order valence-corrected chi connectivity index (χ1v) is 8.69. The molecule has 2 heterocycles. The van der Waals surface area contributed by atoms with E-state index < -0.39 is 0 Å². The van der Waals surface area contributed by atoms with Gasteiger partial charge in [-0.25, -0.2) is 4.79 Å². The molecule has 1 N–H and O–H groups in total. The lowest BCUT2D eigenvalue weighted by molar-refractivity contribution is 0.0819. The third kappa shape index (κ3) is 4.42. The van der Waals surface area contributed by atoms with Crippen LogP contribution in [0, 0.1) is 0 Å². The van der Waals surface area contributed by atoms with Gasteiger partial charge in [-0.05, 0) is 30.5 Å². The average molecular weight is 348 g/mol. The van der Waals surface area contributed by atoms with Gasteiger partial charge < -0.3 is 14.4 Å². The highest BCUT2D eigenvalue weighted by Crippen LogP contribution is 2.19. The second-order valence-electron chi connectivity index (χ2n) is 5.54. The number of hydrogen-bond donors (Lipinski definition) is 1. The summed E-state index contributed by atoms with van der Waals surface area (Å²) in [4.78, 5) is 14.4. The summed E-state index contributed by atoms with van der Waals surface area (Å²) < 4.78 is 10.9. The number of amides is 2. The van der Waals surface area contributed by atoms with Crippen LogP contribution in [0.5, 0.6) is 5.75 Å². The quantitative estimate of drug-likeness (QED) is 0.869. The fraction of sp³-hybridized carbons (Fsp3) is 0.438. The van der Waals surface area contributed by atoms with Crippen molar-refractivity contribution in [2.24, 2.45) is 0 Å². The number of nitrogens with one attached hydrogen (secondary N) is 1. The second-order valence-corrected chi connectivity index (χ2v) is 6.37. The average Bonchev–Trinajstić information content (AvgIpc) is 3.28. The van der Waals surface area contributed by atoms with E-state index >= 15 is 0 Å². The summed E-state index contributed by atoms with van der Waals surface area (Å²) in [6, 6.07) is 7.50. The number of carbonyl (C=O) groups excluding carboxylic acids is 1. The smallest absolute Gasteiger partial charge is 0.324 e. The Kier molecular flexibility index (Phi) is 5.60. The molecule has 0 aliphatic carbocycles. The summed E-state index contributed by atoms with van der Waals surface area (Å²) in [6.45, 7) is 1.78. The van der Waals surface area contributed by atoms with E-state index in [0.717, 1.165) is 30.8 Å². The van der Waals surface area contributed by atoms with Gasteiger partial charge >= 0.3 is 6.03 Å². The molecule has 0 saturated carbocycles. The summed E-state index contributed by atoms with van der Waals surface area (Å²) in [6.07, 6.45) is 2.09. The van der Waals surface area contributed by atoms with E-state index in [1.807, 2.05) is 24.3 Å². The third-order valence-electron chi connectivity index (χ3n) is 3.82. The molecule has 1 aromatic heterocycles. The monoisotopic (exact) mass is 348 g/mol. The van der Waals surface area contributed by atoms with Gasteiger partial charge in [-0.1, -0.05) is 23.5 Å². The van der Waals surface area contributed by atoms with Crippen molar-refractivity contribution in [3.8, 4) is 5.75 Å². The Hall–Kier alpha value is -2.19. The summed E-state index contributed by atoms with van der Waals surface area (Å²) in [7, 11) is 1.63. The van der Waals surface area contributed by atoms with Gasteiger partial charge in [0.1, 0.15) is 11.3 Å². The largest absolute Gasteiger partial charge is 0.497 e. The number of urea groups is 1. The molecule has 1 aromatic carbocycles. The number of nitrogens with zero attached hydrogens (tertiary/aromatic N) is 3. The van der Waals surface area contributed by atoms with Crippen molar-refractivity contribution in [2.45, 2.75) is 25.5 Å². The van der Waals surface area contributed by atoms with Crippen LogP contribution in [0.2, 0.25) is 0 Å². The Morgan fingerprint density at radius 1 is 1.54 bits per heavy atom. The topological polar surface area (TPSA) is 76.6 Å². The van der Waals surface area contributed by atoms with Gasteiger partial charge in [0.25, 0.3) is 0 Å². The van der Waals surface area contributed by atoms with Crippen LogP contribution in [-0.2, 0) is 11.3 Å². The number of benzene rings is 1. The fourth-order valence-electron chi connectivity index (χ4n) is 2.64. The van der Waals surface area contributed by atoms with Gasteiger partial charge in [-0.3, -0.25) is 5.32 Å². The normalized spacial score (nSPS) is 16.8. The zero-order valence-corrected chi connectivity index (χ0v) is 14.3. The molecule has 7 nitrogen and oxygen atoms in total. The molecule has 2 amide bonds. The summed E-state index contributed by atoms with van der Waals surface area (Å²) in [5.41, 5.74) is 2.59. The van der Waals surface area contributed by atoms with Gasteiger partial charge in [0, 0.05) is 19.7 Å². The van der Waals surface area contributed by atoms with E-state index in [2.05, 4.69) is 15.5 Å². The van der Waals surface area contributed by atoms with Crippen molar-refractivity contribution in [3.63, 3.8) is 0 Å². The molecule has 1 aliphatic rings. The van der Waals surface area contributed by atoms with E-state index in [1.165, 1.54) is 11.3 Å². The first-order valence-electron chi connectivity index (χ1n) is 7.81. The highest BCUT2D eigenvalue weighted by molar-refractivity contribution is 7.13. The molecule has 1 saturated heterocycles. The van der Waals surface area contributed by atoms with Gasteiger partial charge in [0.05, 0.1) is 13.2 Å². The molecule has 2 aromatic rings. The third-order valence-corrected chi connectivity index (χ3v) is 4.42. The molecule has 128 valence electrons. The van der Waals surface area contributed by atoms with Gasteiger partial charge in [-0.15, -0.1) is 10.2 Å². The molecule has 24 heavy (non-hydrogen) atoms. The van der Waals surface area contributed by atoms with Crippen LogP contribution in [0.15, 0.2) is 29.8 Å². The number of anilines is 1. The SMILES string of the molecule is COc1cccc(CN(C[C@H]2CCCO2)C(=O)Nc2nncs2)c1. The highest BCUT2D eigenvalue weighted by Gasteiger charge is 2.23. The molecule has 1 fully saturated rings. The van der Waals surface area contributed by atoms with Crippen molar-refractivity contribution in [1.29, 1.82) is 0 Å². The van der Waals surface area contributed by atoms with Crippen molar-refractivity contribution in [3.05, 3.63) is 35.3 Å².